The minimum atomic E-state index is -0.289. The molecule has 0 saturated carbocycles. The van der Waals surface area contributed by atoms with Gasteiger partial charge in [-0.1, -0.05) is 41.7 Å². The Bertz CT molecular complexity index is 1390. The molecular weight excluding hydrogens is 416 g/mol. The van der Waals surface area contributed by atoms with Gasteiger partial charge in [-0.2, -0.15) is 0 Å². The average Bonchev–Trinajstić information content (AvgIpc) is 3.33. The van der Waals surface area contributed by atoms with Crippen molar-refractivity contribution in [3.05, 3.63) is 65.5 Å². The van der Waals surface area contributed by atoms with Crippen molar-refractivity contribution in [2.75, 3.05) is 18.2 Å². The van der Waals surface area contributed by atoms with E-state index in [4.69, 9.17) is 15.5 Å². The third-order valence-corrected chi connectivity index (χ3v) is 6.73. The summed E-state index contributed by atoms with van der Waals surface area (Å²) in [5.41, 5.74) is 9.36. The number of amides is 1. The molecule has 0 aliphatic carbocycles. The van der Waals surface area contributed by atoms with Crippen LogP contribution in [-0.2, 0) is 0 Å². The molecular formula is C22H16N4O2S2. The summed E-state index contributed by atoms with van der Waals surface area (Å²) >= 11 is 2.67. The molecule has 0 spiro atoms. The Labute approximate surface area is 180 Å². The van der Waals surface area contributed by atoms with Crippen molar-refractivity contribution in [2.24, 2.45) is 0 Å². The lowest BCUT2D eigenvalue weighted by atomic mass is 10.1. The molecule has 0 aliphatic heterocycles. The van der Waals surface area contributed by atoms with Gasteiger partial charge in [-0.05, 0) is 30.3 Å². The van der Waals surface area contributed by atoms with Crippen LogP contribution < -0.4 is 15.8 Å². The number of thiophene rings is 1. The predicted molar refractivity (Wildman–Crippen MR) is 124 cm³/mol. The van der Waals surface area contributed by atoms with E-state index in [0.717, 1.165) is 37.4 Å². The summed E-state index contributed by atoms with van der Waals surface area (Å²) < 4.78 is 6.18. The van der Waals surface area contributed by atoms with Gasteiger partial charge in [0.05, 0.1) is 28.7 Å². The predicted octanol–water partition coefficient (Wildman–Crippen LogP) is 5.42. The number of pyridine rings is 1. The van der Waals surface area contributed by atoms with Crippen LogP contribution in [0.1, 0.15) is 9.67 Å². The van der Waals surface area contributed by atoms with Gasteiger partial charge in [0.15, 0.2) is 5.13 Å². The Kier molecular flexibility index (Phi) is 4.57. The number of fused-ring (bicyclic) bond motifs is 2. The molecule has 1 amide bonds. The maximum Gasteiger partial charge on any atom is 0.269 e. The number of benzene rings is 2. The van der Waals surface area contributed by atoms with E-state index in [2.05, 4.69) is 10.3 Å². The first-order valence-corrected chi connectivity index (χ1v) is 10.8. The molecule has 8 heteroatoms. The van der Waals surface area contributed by atoms with Gasteiger partial charge in [-0.15, -0.1) is 11.3 Å². The smallest absolute Gasteiger partial charge is 0.269 e. The molecule has 0 atom stereocenters. The van der Waals surface area contributed by atoms with E-state index in [9.17, 15) is 4.79 Å². The van der Waals surface area contributed by atoms with Crippen molar-refractivity contribution in [2.45, 2.75) is 0 Å². The number of carbonyl (C=O) groups excluding carboxylic acids is 1. The summed E-state index contributed by atoms with van der Waals surface area (Å²) in [4.78, 5) is 23.2. The second-order valence-corrected chi connectivity index (χ2v) is 8.60. The highest BCUT2D eigenvalue weighted by molar-refractivity contribution is 7.23. The highest BCUT2D eigenvalue weighted by atomic mass is 32.1. The number of methoxy groups -OCH3 is 1. The van der Waals surface area contributed by atoms with E-state index in [1.807, 2.05) is 60.7 Å². The minimum absolute atomic E-state index is 0.289. The fourth-order valence-corrected chi connectivity index (χ4v) is 5.05. The van der Waals surface area contributed by atoms with Gasteiger partial charge in [-0.25, -0.2) is 9.97 Å². The topological polar surface area (TPSA) is 90.1 Å². The number of aromatic nitrogens is 2. The number of nitrogens with two attached hydrogens (primary N) is 1. The minimum Gasteiger partial charge on any atom is -0.497 e. The van der Waals surface area contributed by atoms with E-state index in [1.165, 1.54) is 22.7 Å². The molecule has 0 fully saturated rings. The summed E-state index contributed by atoms with van der Waals surface area (Å²) in [5.74, 6) is 0.459. The Morgan fingerprint density at radius 2 is 1.87 bits per heavy atom. The molecule has 3 N–H and O–H groups in total. The second-order valence-electron chi connectivity index (χ2n) is 6.57. The number of carbonyl (C=O) groups is 1. The summed E-state index contributed by atoms with van der Waals surface area (Å²) in [6.07, 6.45) is 0. The monoisotopic (exact) mass is 432 g/mol. The fraction of sp³-hybridized carbons (Fsp3) is 0.0455. The highest BCUT2D eigenvalue weighted by Gasteiger charge is 2.19. The molecule has 148 valence electrons. The number of hydrogen-bond acceptors (Lipinski definition) is 7. The molecule has 0 saturated heterocycles. The Hall–Kier alpha value is -3.49. The van der Waals surface area contributed by atoms with E-state index in [0.29, 0.717) is 15.7 Å². The number of anilines is 2. The van der Waals surface area contributed by atoms with E-state index in [-0.39, 0.29) is 5.91 Å². The number of rotatable bonds is 4. The molecule has 2 aromatic carbocycles. The summed E-state index contributed by atoms with van der Waals surface area (Å²) in [6, 6.07) is 19.3. The summed E-state index contributed by atoms with van der Waals surface area (Å²) in [5, 5.41) is 4.15. The third kappa shape index (κ3) is 3.26. The van der Waals surface area contributed by atoms with Crippen LogP contribution in [0.2, 0.25) is 0 Å². The van der Waals surface area contributed by atoms with E-state index < -0.39 is 0 Å². The largest absolute Gasteiger partial charge is 0.497 e. The molecule has 5 aromatic rings. The van der Waals surface area contributed by atoms with E-state index >= 15 is 0 Å². The molecule has 6 nitrogen and oxygen atoms in total. The first-order chi connectivity index (χ1) is 14.6. The number of nitrogens with one attached hydrogen (secondary N) is 1. The normalized spacial score (nSPS) is 11.1. The van der Waals surface area contributed by atoms with Crippen molar-refractivity contribution in [1.29, 1.82) is 0 Å². The Morgan fingerprint density at radius 3 is 2.67 bits per heavy atom. The van der Waals surface area contributed by atoms with Gasteiger partial charge in [0.2, 0.25) is 0 Å². The fourth-order valence-electron chi connectivity index (χ4n) is 3.17. The zero-order valence-corrected chi connectivity index (χ0v) is 17.5. The molecule has 0 bridgehead atoms. The van der Waals surface area contributed by atoms with Gasteiger partial charge in [0, 0.05) is 10.9 Å². The van der Waals surface area contributed by atoms with Gasteiger partial charge < -0.3 is 10.5 Å². The number of nitrogens with zero attached hydrogens (tertiary/aromatic N) is 2. The quantitative estimate of drug-likeness (QED) is 0.396. The SMILES string of the molecule is COc1ccc2nc(NC(=O)c3sc4nc(-c5ccccc5)ccc4c3N)sc2c1. The van der Waals surface area contributed by atoms with Crippen LogP contribution in [0.4, 0.5) is 10.8 Å². The maximum atomic E-state index is 12.9. The van der Waals surface area contributed by atoms with Crippen molar-refractivity contribution >= 4 is 59.8 Å². The molecule has 3 heterocycles. The first kappa shape index (κ1) is 18.5. The van der Waals surface area contributed by atoms with Gasteiger partial charge in [0.1, 0.15) is 15.5 Å². The van der Waals surface area contributed by atoms with Gasteiger partial charge in [0.25, 0.3) is 5.91 Å². The molecule has 30 heavy (non-hydrogen) atoms. The second kappa shape index (κ2) is 7.40. The van der Waals surface area contributed by atoms with Crippen LogP contribution >= 0.6 is 22.7 Å². The lowest BCUT2D eigenvalue weighted by molar-refractivity contribution is 0.103. The van der Waals surface area contributed by atoms with Gasteiger partial charge in [-0.3, -0.25) is 10.1 Å². The molecule has 0 radical (unpaired) electrons. The zero-order chi connectivity index (χ0) is 20.7. The Balaban J connectivity index is 1.46. The van der Waals surface area contributed by atoms with Crippen LogP contribution in [0, 0.1) is 0 Å². The van der Waals surface area contributed by atoms with Crippen molar-refractivity contribution < 1.29 is 9.53 Å². The molecule has 0 aliphatic rings. The number of nitrogen functional groups attached to an aromatic ring is 1. The third-order valence-electron chi connectivity index (χ3n) is 4.69. The van der Waals surface area contributed by atoms with Crippen LogP contribution in [0.5, 0.6) is 5.75 Å². The summed E-state index contributed by atoms with van der Waals surface area (Å²) in [7, 11) is 1.62. The first-order valence-electron chi connectivity index (χ1n) is 9.13. The number of hydrogen-bond donors (Lipinski definition) is 2. The number of ether oxygens (including phenoxy) is 1. The van der Waals surface area contributed by atoms with Crippen molar-refractivity contribution in [3.8, 4) is 17.0 Å². The summed E-state index contributed by atoms with van der Waals surface area (Å²) in [6.45, 7) is 0. The maximum absolute atomic E-state index is 12.9. The van der Waals surface area contributed by atoms with Crippen LogP contribution in [0.3, 0.4) is 0 Å². The standard InChI is InChI=1S/C22H16N4O2S2/c1-28-13-7-9-16-17(11-13)29-22(25-16)26-20(27)19-18(23)14-8-10-15(24-21(14)30-19)12-5-3-2-4-6-12/h2-11H,23H2,1H3,(H,25,26,27). The number of thiazole rings is 1. The zero-order valence-electron chi connectivity index (χ0n) is 15.9. The highest BCUT2D eigenvalue weighted by Crippen LogP contribution is 2.35. The lowest BCUT2D eigenvalue weighted by Gasteiger charge is -2.00. The van der Waals surface area contributed by atoms with Crippen LogP contribution in [-0.4, -0.2) is 23.0 Å². The molecule has 3 aromatic heterocycles. The van der Waals surface area contributed by atoms with Crippen molar-refractivity contribution in [1.82, 2.24) is 9.97 Å². The average molecular weight is 433 g/mol. The van der Waals surface area contributed by atoms with Crippen LogP contribution in [0.25, 0.3) is 31.7 Å². The van der Waals surface area contributed by atoms with Crippen LogP contribution in [0.15, 0.2) is 60.7 Å². The molecule has 5 rings (SSSR count). The van der Waals surface area contributed by atoms with Gasteiger partial charge >= 0.3 is 0 Å². The van der Waals surface area contributed by atoms with E-state index in [1.54, 1.807) is 7.11 Å². The molecule has 0 unspecified atom stereocenters. The lowest BCUT2D eigenvalue weighted by Crippen LogP contribution is -2.11. The Morgan fingerprint density at radius 1 is 1.03 bits per heavy atom. The van der Waals surface area contributed by atoms with Crippen molar-refractivity contribution in [3.63, 3.8) is 0 Å².